The predicted molar refractivity (Wildman–Crippen MR) is 82.3 cm³/mol. The number of ether oxygens (including phenoxy) is 1. The van der Waals surface area contributed by atoms with E-state index in [4.69, 9.17) is 4.74 Å². The van der Waals surface area contributed by atoms with Crippen molar-refractivity contribution in [3.63, 3.8) is 0 Å². The van der Waals surface area contributed by atoms with Crippen LogP contribution in [-0.4, -0.2) is 27.4 Å². The van der Waals surface area contributed by atoms with Crippen LogP contribution < -0.4 is 4.74 Å². The second-order valence-corrected chi connectivity index (χ2v) is 5.43. The third-order valence-electron chi connectivity index (χ3n) is 3.53. The zero-order chi connectivity index (χ0) is 16.4. The number of aliphatic hydroxyl groups excluding tert-OH is 1. The van der Waals surface area contributed by atoms with E-state index in [2.05, 4.69) is 4.98 Å². The maximum absolute atomic E-state index is 13.3. The van der Waals surface area contributed by atoms with Gasteiger partial charge < -0.3 is 14.4 Å². The number of fused-ring (bicyclic) bond motifs is 1. The molecule has 0 aliphatic carbocycles. The van der Waals surface area contributed by atoms with E-state index < -0.39 is 17.7 Å². The molecular formula is C17H16F2N2O2. The first kappa shape index (κ1) is 15.4. The second-order valence-electron chi connectivity index (χ2n) is 5.43. The molecule has 3 aromatic rings. The number of aromatic nitrogens is 2. The molecule has 6 heteroatoms. The van der Waals surface area contributed by atoms with Crippen molar-refractivity contribution in [2.24, 2.45) is 0 Å². The van der Waals surface area contributed by atoms with E-state index in [1.807, 2.05) is 31.2 Å². The minimum atomic E-state index is -0.940. The number of imidazole rings is 1. The van der Waals surface area contributed by atoms with Gasteiger partial charge in [-0.1, -0.05) is 17.7 Å². The molecule has 1 atom stereocenters. The fraction of sp³-hybridized carbons (Fsp3) is 0.235. The minimum Gasteiger partial charge on any atom is -0.491 e. The van der Waals surface area contributed by atoms with Crippen molar-refractivity contribution in [2.75, 3.05) is 6.61 Å². The van der Waals surface area contributed by atoms with E-state index in [-0.39, 0.29) is 13.2 Å². The summed E-state index contributed by atoms with van der Waals surface area (Å²) in [5, 5.41) is 10.1. The van der Waals surface area contributed by atoms with Crippen LogP contribution in [0.2, 0.25) is 0 Å². The van der Waals surface area contributed by atoms with E-state index in [1.54, 1.807) is 4.57 Å². The maximum Gasteiger partial charge on any atom is 0.161 e. The lowest BCUT2D eigenvalue weighted by Crippen LogP contribution is -2.23. The molecule has 0 unspecified atom stereocenters. The van der Waals surface area contributed by atoms with Gasteiger partial charge in [-0.25, -0.2) is 13.8 Å². The number of halogens is 2. The van der Waals surface area contributed by atoms with Crippen LogP contribution in [-0.2, 0) is 6.54 Å². The first-order valence-corrected chi connectivity index (χ1v) is 7.20. The Morgan fingerprint density at radius 3 is 2.61 bits per heavy atom. The molecule has 0 radical (unpaired) electrons. The quantitative estimate of drug-likeness (QED) is 0.786. The fourth-order valence-corrected chi connectivity index (χ4v) is 2.31. The molecule has 0 bridgehead atoms. The molecule has 0 fully saturated rings. The number of rotatable bonds is 5. The van der Waals surface area contributed by atoms with Crippen molar-refractivity contribution in [2.45, 2.75) is 19.6 Å². The fourth-order valence-electron chi connectivity index (χ4n) is 2.31. The number of aryl methyl sites for hydroxylation is 1. The standard InChI is InChI=1S/C17H16F2N2O2/c1-11-2-4-13(5-3-11)23-9-12(22)8-21-10-20-16-6-14(18)15(19)7-17(16)21/h2-7,10,12,22H,8-9H2,1H3/t12-/m1/s1. The number of nitrogens with zero attached hydrogens (tertiary/aromatic N) is 2. The van der Waals surface area contributed by atoms with E-state index in [1.165, 1.54) is 6.33 Å². The normalized spacial score (nSPS) is 12.5. The monoisotopic (exact) mass is 318 g/mol. The molecule has 1 aromatic heterocycles. The Bertz CT molecular complexity index is 815. The Morgan fingerprint density at radius 2 is 1.87 bits per heavy atom. The number of benzene rings is 2. The van der Waals surface area contributed by atoms with Gasteiger partial charge in [0.1, 0.15) is 18.5 Å². The topological polar surface area (TPSA) is 47.3 Å². The van der Waals surface area contributed by atoms with Crippen LogP contribution >= 0.6 is 0 Å². The minimum absolute atomic E-state index is 0.0897. The first-order chi connectivity index (χ1) is 11.0. The molecule has 4 nitrogen and oxygen atoms in total. The van der Waals surface area contributed by atoms with Crippen molar-refractivity contribution >= 4 is 11.0 Å². The molecule has 23 heavy (non-hydrogen) atoms. The van der Waals surface area contributed by atoms with Crippen molar-refractivity contribution in [3.8, 4) is 5.75 Å². The summed E-state index contributed by atoms with van der Waals surface area (Å²) in [7, 11) is 0. The number of aliphatic hydroxyl groups is 1. The van der Waals surface area contributed by atoms with Crippen LogP contribution in [0.25, 0.3) is 11.0 Å². The molecule has 120 valence electrons. The van der Waals surface area contributed by atoms with E-state index in [9.17, 15) is 13.9 Å². The van der Waals surface area contributed by atoms with E-state index in [0.717, 1.165) is 17.7 Å². The summed E-state index contributed by atoms with van der Waals surface area (Å²) in [4.78, 5) is 4.01. The van der Waals surface area contributed by atoms with Crippen LogP contribution in [0.1, 0.15) is 5.56 Å². The average Bonchev–Trinajstić information content (AvgIpc) is 2.89. The van der Waals surface area contributed by atoms with Crippen molar-refractivity contribution in [3.05, 3.63) is 59.9 Å². The van der Waals surface area contributed by atoms with Crippen LogP contribution in [0, 0.1) is 18.6 Å². The van der Waals surface area contributed by atoms with E-state index in [0.29, 0.717) is 16.8 Å². The molecule has 1 N–H and O–H groups in total. The molecule has 1 heterocycles. The maximum atomic E-state index is 13.3. The van der Waals surface area contributed by atoms with Crippen molar-refractivity contribution in [1.82, 2.24) is 9.55 Å². The van der Waals surface area contributed by atoms with Gasteiger partial charge in [-0.3, -0.25) is 0 Å². The van der Waals surface area contributed by atoms with Crippen molar-refractivity contribution in [1.29, 1.82) is 0 Å². The van der Waals surface area contributed by atoms with Crippen LogP contribution in [0.3, 0.4) is 0 Å². The summed E-state index contributed by atoms with van der Waals surface area (Å²) in [6, 6.07) is 9.60. The van der Waals surface area contributed by atoms with Gasteiger partial charge in [0.2, 0.25) is 0 Å². The van der Waals surface area contributed by atoms with Crippen LogP contribution in [0.4, 0.5) is 8.78 Å². The zero-order valence-electron chi connectivity index (χ0n) is 12.5. The van der Waals surface area contributed by atoms with Gasteiger partial charge in [0.25, 0.3) is 0 Å². The largest absolute Gasteiger partial charge is 0.491 e. The second kappa shape index (κ2) is 6.34. The summed E-state index contributed by atoms with van der Waals surface area (Å²) in [6.45, 7) is 2.24. The molecule has 0 aliphatic heterocycles. The highest BCUT2D eigenvalue weighted by Gasteiger charge is 2.12. The smallest absolute Gasteiger partial charge is 0.161 e. The zero-order valence-corrected chi connectivity index (χ0v) is 12.5. The summed E-state index contributed by atoms with van der Waals surface area (Å²) in [5.74, 6) is -1.21. The van der Waals surface area contributed by atoms with Crippen LogP contribution in [0.5, 0.6) is 5.75 Å². The summed E-state index contributed by atoms with van der Waals surface area (Å²) >= 11 is 0. The van der Waals surface area contributed by atoms with Crippen LogP contribution in [0.15, 0.2) is 42.7 Å². The Hall–Kier alpha value is -2.47. The van der Waals surface area contributed by atoms with Gasteiger partial charge >= 0.3 is 0 Å². The third kappa shape index (κ3) is 3.48. The van der Waals surface area contributed by atoms with Gasteiger partial charge in [0, 0.05) is 12.1 Å². The number of hydrogen-bond acceptors (Lipinski definition) is 3. The molecule has 0 saturated heterocycles. The third-order valence-corrected chi connectivity index (χ3v) is 3.53. The van der Waals surface area contributed by atoms with Gasteiger partial charge in [0.15, 0.2) is 11.6 Å². The lowest BCUT2D eigenvalue weighted by Gasteiger charge is -2.13. The Labute approximate surface area is 132 Å². The predicted octanol–water partition coefficient (Wildman–Crippen LogP) is 3.06. The highest BCUT2D eigenvalue weighted by molar-refractivity contribution is 5.75. The van der Waals surface area contributed by atoms with Gasteiger partial charge in [-0.2, -0.15) is 0 Å². The number of hydrogen-bond donors (Lipinski definition) is 1. The summed E-state index contributed by atoms with van der Waals surface area (Å²) < 4.78 is 33.6. The first-order valence-electron chi connectivity index (χ1n) is 7.20. The molecule has 3 rings (SSSR count). The Kier molecular flexibility index (Phi) is 4.25. The molecular weight excluding hydrogens is 302 g/mol. The SMILES string of the molecule is Cc1ccc(OC[C@H](O)Cn2cnc3cc(F)c(F)cc32)cc1. The van der Waals surface area contributed by atoms with Gasteiger partial charge in [-0.05, 0) is 19.1 Å². The summed E-state index contributed by atoms with van der Waals surface area (Å²) in [5.41, 5.74) is 1.89. The van der Waals surface area contributed by atoms with Gasteiger partial charge in [0.05, 0.1) is 23.9 Å². The Balaban J connectivity index is 1.67. The van der Waals surface area contributed by atoms with E-state index >= 15 is 0 Å². The molecule has 0 aliphatic rings. The highest BCUT2D eigenvalue weighted by atomic mass is 19.2. The molecule has 0 spiro atoms. The molecule has 2 aromatic carbocycles. The lowest BCUT2D eigenvalue weighted by atomic mass is 10.2. The van der Waals surface area contributed by atoms with Crippen molar-refractivity contribution < 1.29 is 18.6 Å². The average molecular weight is 318 g/mol. The lowest BCUT2D eigenvalue weighted by molar-refractivity contribution is 0.0934. The highest BCUT2D eigenvalue weighted by Crippen LogP contribution is 2.18. The Morgan fingerprint density at radius 1 is 1.17 bits per heavy atom. The van der Waals surface area contributed by atoms with Gasteiger partial charge in [-0.15, -0.1) is 0 Å². The molecule has 0 saturated carbocycles. The summed E-state index contributed by atoms with van der Waals surface area (Å²) in [6.07, 6.45) is 0.639. The molecule has 0 amide bonds.